The number of benzene rings is 3. The lowest BCUT2D eigenvalue weighted by molar-refractivity contribution is 0.712. The van der Waals surface area contributed by atoms with Crippen LogP contribution in [0.4, 0.5) is 11.4 Å². The van der Waals surface area contributed by atoms with Crippen molar-refractivity contribution in [3.63, 3.8) is 0 Å². The fourth-order valence-electron chi connectivity index (χ4n) is 4.06. The molecule has 0 atom stereocenters. The fourth-order valence-corrected chi connectivity index (χ4v) is 6.46. The van der Waals surface area contributed by atoms with Crippen molar-refractivity contribution in [1.29, 1.82) is 0 Å². The van der Waals surface area contributed by atoms with Crippen molar-refractivity contribution in [2.75, 3.05) is 10.6 Å². The molecule has 0 saturated heterocycles. The third kappa shape index (κ3) is 10.1. The van der Waals surface area contributed by atoms with E-state index in [-0.39, 0.29) is 0 Å². The van der Waals surface area contributed by atoms with Crippen LogP contribution >= 0.6 is 48.0 Å². The molecule has 0 spiro atoms. The summed E-state index contributed by atoms with van der Waals surface area (Å²) < 4.78 is 1.50. The van der Waals surface area contributed by atoms with Gasteiger partial charge in [0.2, 0.25) is 0 Å². The summed E-state index contributed by atoms with van der Waals surface area (Å²) in [5, 5.41) is 6.88. The lowest BCUT2D eigenvalue weighted by Crippen LogP contribution is -2.09. The number of hydrogen-bond donors (Lipinski definition) is 2. The molecule has 196 valence electrons. The Hall–Kier alpha value is -1.86. The van der Waals surface area contributed by atoms with E-state index in [4.69, 9.17) is 24.4 Å². The first kappa shape index (κ1) is 29.7. The topological polar surface area (TPSA) is 24.1 Å². The van der Waals surface area contributed by atoms with Gasteiger partial charge in [-0.05, 0) is 73.6 Å². The monoisotopic (exact) mass is 566 g/mol. The van der Waals surface area contributed by atoms with E-state index in [1.807, 2.05) is 0 Å². The molecule has 0 saturated carbocycles. The standard InChI is InChI=1S/C31H38N2S4/c1-4-6-8-14-24-16-10-12-18-28(24)36-30(34)32-26-21-20-23(3)27(22-26)33-31(35)37-29-19-13-11-17-25(29)15-9-7-5-2/h10-13,16-22H,4-9,14-15H2,1-3H3,(H,32,34)(H,33,35). The molecule has 3 aromatic rings. The molecule has 0 aromatic heterocycles. The SMILES string of the molecule is CCCCCc1ccccc1SC(=S)Nc1ccc(C)c(NC(=S)Sc2ccccc2CCCCC)c1. The van der Waals surface area contributed by atoms with Gasteiger partial charge in [-0.2, -0.15) is 0 Å². The molecule has 0 heterocycles. The maximum absolute atomic E-state index is 5.75. The van der Waals surface area contributed by atoms with Gasteiger partial charge in [0, 0.05) is 21.2 Å². The molecule has 6 heteroatoms. The van der Waals surface area contributed by atoms with E-state index < -0.39 is 0 Å². The predicted octanol–water partition coefficient (Wildman–Crippen LogP) is 10.4. The number of anilines is 2. The molecule has 0 fully saturated rings. The normalized spacial score (nSPS) is 10.8. The molecule has 3 aromatic carbocycles. The Morgan fingerprint density at radius 2 is 1.19 bits per heavy atom. The summed E-state index contributed by atoms with van der Waals surface area (Å²) in [6.45, 7) is 6.57. The molecule has 0 amide bonds. The van der Waals surface area contributed by atoms with E-state index in [0.29, 0.717) is 0 Å². The largest absolute Gasteiger partial charge is 0.341 e. The summed E-state index contributed by atoms with van der Waals surface area (Å²) in [5.74, 6) is 0. The van der Waals surface area contributed by atoms with Crippen LogP contribution in [0.25, 0.3) is 0 Å². The molecule has 37 heavy (non-hydrogen) atoms. The zero-order valence-corrected chi connectivity index (χ0v) is 25.4. The summed E-state index contributed by atoms with van der Waals surface area (Å²) in [6.07, 6.45) is 9.57. The molecular weight excluding hydrogens is 529 g/mol. The maximum Gasteiger partial charge on any atom is 0.143 e. The smallest absolute Gasteiger partial charge is 0.143 e. The number of thiocarbonyl (C=S) groups is 2. The van der Waals surface area contributed by atoms with Gasteiger partial charge in [-0.1, -0.05) is 130 Å². The number of nitrogens with one attached hydrogen (secondary N) is 2. The van der Waals surface area contributed by atoms with Crippen molar-refractivity contribution in [3.05, 3.63) is 83.4 Å². The number of hydrogen-bond acceptors (Lipinski definition) is 4. The third-order valence-corrected chi connectivity index (χ3v) is 8.69. The van der Waals surface area contributed by atoms with Gasteiger partial charge in [-0.25, -0.2) is 0 Å². The molecule has 0 aliphatic rings. The van der Waals surface area contributed by atoms with E-state index in [9.17, 15) is 0 Å². The van der Waals surface area contributed by atoms with Crippen molar-refractivity contribution in [2.24, 2.45) is 0 Å². The van der Waals surface area contributed by atoms with E-state index in [2.05, 4.69) is 98.1 Å². The van der Waals surface area contributed by atoms with Crippen molar-refractivity contribution < 1.29 is 0 Å². The Labute approximate surface area is 242 Å². The lowest BCUT2D eigenvalue weighted by Gasteiger charge is -2.15. The Morgan fingerprint density at radius 3 is 1.73 bits per heavy atom. The molecular formula is C31H38N2S4. The Kier molecular flexibility index (Phi) is 13.0. The van der Waals surface area contributed by atoms with Crippen LogP contribution in [0.1, 0.15) is 69.1 Å². The molecule has 0 aliphatic heterocycles. The second-order valence-corrected chi connectivity index (χ2v) is 12.6. The first-order chi connectivity index (χ1) is 18.0. The minimum Gasteiger partial charge on any atom is -0.341 e. The second-order valence-electron chi connectivity index (χ2n) is 9.19. The molecule has 0 bridgehead atoms. The zero-order valence-electron chi connectivity index (χ0n) is 22.1. The van der Waals surface area contributed by atoms with Gasteiger partial charge in [-0.3, -0.25) is 0 Å². The maximum atomic E-state index is 5.75. The molecule has 2 N–H and O–H groups in total. The molecule has 3 rings (SSSR count). The first-order valence-corrected chi connectivity index (χ1v) is 15.7. The molecule has 0 radical (unpaired) electrons. The van der Waals surface area contributed by atoms with Gasteiger partial charge in [0.15, 0.2) is 0 Å². The Bertz CT molecular complexity index is 1180. The number of aryl methyl sites for hydroxylation is 3. The summed E-state index contributed by atoms with van der Waals surface area (Å²) in [4.78, 5) is 2.47. The van der Waals surface area contributed by atoms with Crippen molar-refractivity contribution >= 4 is 68.0 Å². The van der Waals surface area contributed by atoms with Crippen LogP contribution in [-0.2, 0) is 12.8 Å². The van der Waals surface area contributed by atoms with Gasteiger partial charge >= 0.3 is 0 Å². The van der Waals surface area contributed by atoms with Crippen molar-refractivity contribution in [1.82, 2.24) is 0 Å². The summed E-state index contributed by atoms with van der Waals surface area (Å²) in [5.41, 5.74) is 5.84. The van der Waals surface area contributed by atoms with Gasteiger partial charge in [0.05, 0.1) is 0 Å². The third-order valence-electron chi connectivity index (χ3n) is 6.17. The minimum absolute atomic E-state index is 0.746. The summed E-state index contributed by atoms with van der Waals surface area (Å²) in [7, 11) is 0. The van der Waals surface area contributed by atoms with Crippen molar-refractivity contribution in [2.45, 2.75) is 81.9 Å². The zero-order chi connectivity index (χ0) is 26.5. The van der Waals surface area contributed by atoms with E-state index in [1.165, 1.54) is 59.4 Å². The van der Waals surface area contributed by atoms with Gasteiger partial charge in [0.25, 0.3) is 0 Å². The van der Waals surface area contributed by atoms with Crippen LogP contribution in [0.5, 0.6) is 0 Å². The number of thioether (sulfide) groups is 2. The molecule has 0 aliphatic carbocycles. The highest BCUT2D eigenvalue weighted by atomic mass is 32.2. The molecule has 0 unspecified atom stereocenters. The Balaban J connectivity index is 1.62. The van der Waals surface area contributed by atoms with Crippen LogP contribution in [0.2, 0.25) is 0 Å². The predicted molar refractivity (Wildman–Crippen MR) is 175 cm³/mol. The van der Waals surface area contributed by atoms with E-state index in [0.717, 1.165) is 38.4 Å². The van der Waals surface area contributed by atoms with Gasteiger partial charge in [-0.15, -0.1) is 0 Å². The van der Waals surface area contributed by atoms with E-state index in [1.54, 1.807) is 23.5 Å². The van der Waals surface area contributed by atoms with E-state index >= 15 is 0 Å². The van der Waals surface area contributed by atoms with Crippen LogP contribution < -0.4 is 10.6 Å². The molecule has 2 nitrogen and oxygen atoms in total. The summed E-state index contributed by atoms with van der Waals surface area (Å²) >= 11 is 14.7. The lowest BCUT2D eigenvalue weighted by atomic mass is 10.1. The Morgan fingerprint density at radius 1 is 0.676 bits per heavy atom. The highest BCUT2D eigenvalue weighted by molar-refractivity contribution is 8.23. The van der Waals surface area contributed by atoms with Crippen LogP contribution in [0.3, 0.4) is 0 Å². The quantitative estimate of drug-likeness (QED) is 0.128. The van der Waals surface area contributed by atoms with Crippen molar-refractivity contribution in [3.8, 4) is 0 Å². The van der Waals surface area contributed by atoms with Gasteiger partial charge < -0.3 is 10.6 Å². The average Bonchev–Trinajstić information content (AvgIpc) is 2.88. The highest BCUT2D eigenvalue weighted by Gasteiger charge is 2.10. The number of unbranched alkanes of at least 4 members (excludes halogenated alkanes) is 4. The van der Waals surface area contributed by atoms with Crippen LogP contribution in [0.15, 0.2) is 76.5 Å². The second kappa shape index (κ2) is 16.2. The summed E-state index contributed by atoms with van der Waals surface area (Å²) in [6, 6.07) is 23.4. The average molecular weight is 567 g/mol. The first-order valence-electron chi connectivity index (χ1n) is 13.2. The minimum atomic E-state index is 0.746. The fraction of sp³-hybridized carbons (Fsp3) is 0.355. The highest BCUT2D eigenvalue weighted by Crippen LogP contribution is 2.30. The number of rotatable bonds is 12. The van der Waals surface area contributed by atoms with Crippen LogP contribution in [0, 0.1) is 6.92 Å². The van der Waals surface area contributed by atoms with Crippen LogP contribution in [-0.4, -0.2) is 8.64 Å². The van der Waals surface area contributed by atoms with Gasteiger partial charge in [0.1, 0.15) is 8.64 Å².